The van der Waals surface area contributed by atoms with E-state index in [1.165, 1.54) is 0 Å². The van der Waals surface area contributed by atoms with Crippen LogP contribution in [0.4, 0.5) is 0 Å². The van der Waals surface area contributed by atoms with Crippen LogP contribution >= 0.6 is 0 Å². The molecule has 0 aliphatic heterocycles. The van der Waals surface area contributed by atoms with Gasteiger partial charge in [0.1, 0.15) is 12.4 Å². The molecule has 1 heterocycles. The normalized spacial score (nSPS) is 10.4. The van der Waals surface area contributed by atoms with E-state index >= 15 is 0 Å². The van der Waals surface area contributed by atoms with Crippen LogP contribution in [0.3, 0.4) is 0 Å². The van der Waals surface area contributed by atoms with Gasteiger partial charge in [-0.3, -0.25) is 4.79 Å². The monoisotopic (exact) mass is 244 g/mol. The fourth-order valence-electron chi connectivity index (χ4n) is 1.72. The van der Waals surface area contributed by atoms with Gasteiger partial charge in [0.2, 0.25) is 0 Å². The molecule has 0 N–H and O–H groups in total. The molecule has 0 saturated heterocycles. The van der Waals surface area contributed by atoms with Crippen molar-refractivity contribution in [3.63, 3.8) is 0 Å². The Morgan fingerprint density at radius 3 is 2.83 bits per heavy atom. The largest absolute Gasteiger partial charge is 0.487 e. The highest BCUT2D eigenvalue weighted by atomic mass is 16.5. The fourth-order valence-corrected chi connectivity index (χ4v) is 1.72. The number of carbonyl (C=O) groups excluding carboxylic acids is 1. The van der Waals surface area contributed by atoms with E-state index in [0.717, 1.165) is 11.3 Å². The average molecular weight is 244 g/mol. The molecule has 1 aromatic carbocycles. The van der Waals surface area contributed by atoms with Gasteiger partial charge in [0.25, 0.3) is 0 Å². The quantitative estimate of drug-likeness (QED) is 0.776. The number of ketones is 1. The van der Waals surface area contributed by atoms with E-state index in [9.17, 15) is 4.79 Å². The molecule has 0 bridgehead atoms. The number of rotatable bonds is 4. The first-order chi connectivity index (χ1) is 8.58. The number of imidazole rings is 1. The molecule has 0 radical (unpaired) electrons. The summed E-state index contributed by atoms with van der Waals surface area (Å²) in [7, 11) is 1.91. The lowest BCUT2D eigenvalue weighted by atomic mass is 10.1. The minimum absolute atomic E-state index is 0.0127. The van der Waals surface area contributed by atoms with Gasteiger partial charge in [-0.15, -0.1) is 0 Å². The first-order valence-electron chi connectivity index (χ1n) is 5.77. The first kappa shape index (κ1) is 12.4. The molecule has 0 spiro atoms. The van der Waals surface area contributed by atoms with Gasteiger partial charge in [0, 0.05) is 7.05 Å². The Morgan fingerprint density at radius 1 is 1.44 bits per heavy atom. The van der Waals surface area contributed by atoms with Crippen LogP contribution in [-0.2, 0) is 13.7 Å². The smallest absolute Gasteiger partial charge is 0.163 e. The predicted octanol–water partition coefficient (Wildman–Crippen LogP) is 2.51. The molecule has 1 aromatic heterocycles. The van der Waals surface area contributed by atoms with E-state index in [4.69, 9.17) is 4.74 Å². The molecule has 4 nitrogen and oxygen atoms in total. The number of nitrogens with zero attached hydrogens (tertiary/aromatic N) is 2. The minimum atomic E-state index is 0.0127. The number of benzene rings is 1. The van der Waals surface area contributed by atoms with Crippen molar-refractivity contribution in [3.05, 3.63) is 47.5 Å². The van der Waals surface area contributed by atoms with Crippen molar-refractivity contribution in [1.29, 1.82) is 0 Å². The van der Waals surface area contributed by atoms with Crippen molar-refractivity contribution in [3.8, 4) is 5.75 Å². The van der Waals surface area contributed by atoms with E-state index in [1.807, 2.05) is 36.7 Å². The Kier molecular flexibility index (Phi) is 3.46. The van der Waals surface area contributed by atoms with Crippen molar-refractivity contribution >= 4 is 5.78 Å². The molecule has 2 aromatic rings. The number of aromatic nitrogens is 2. The van der Waals surface area contributed by atoms with Gasteiger partial charge in [-0.1, -0.05) is 11.6 Å². The summed E-state index contributed by atoms with van der Waals surface area (Å²) >= 11 is 0. The molecule has 0 aliphatic rings. The van der Waals surface area contributed by atoms with Crippen LogP contribution in [0.25, 0.3) is 0 Å². The molecule has 94 valence electrons. The van der Waals surface area contributed by atoms with Crippen LogP contribution in [0, 0.1) is 6.92 Å². The van der Waals surface area contributed by atoms with Gasteiger partial charge in [-0.25, -0.2) is 4.98 Å². The molecule has 4 heteroatoms. The SMILES string of the molecule is CC(=O)c1cc(C)ccc1OCc1cncn1C. The maximum absolute atomic E-state index is 11.5. The van der Waals surface area contributed by atoms with E-state index < -0.39 is 0 Å². The zero-order chi connectivity index (χ0) is 13.1. The number of Topliss-reactive ketones (excluding diaryl/α,β-unsaturated/α-hetero) is 1. The van der Waals surface area contributed by atoms with Crippen LogP contribution in [0.1, 0.15) is 28.5 Å². The summed E-state index contributed by atoms with van der Waals surface area (Å²) in [6, 6.07) is 5.62. The Hall–Kier alpha value is -2.10. The van der Waals surface area contributed by atoms with Crippen LogP contribution < -0.4 is 4.74 Å². The van der Waals surface area contributed by atoms with Crippen LogP contribution in [-0.4, -0.2) is 15.3 Å². The molecular weight excluding hydrogens is 228 g/mol. The lowest BCUT2D eigenvalue weighted by Gasteiger charge is -2.10. The number of ether oxygens (including phenoxy) is 1. The first-order valence-corrected chi connectivity index (χ1v) is 5.77. The second kappa shape index (κ2) is 5.04. The molecule has 0 unspecified atom stereocenters. The topological polar surface area (TPSA) is 44.1 Å². The molecule has 0 aliphatic carbocycles. The summed E-state index contributed by atoms with van der Waals surface area (Å²) in [6.07, 6.45) is 3.47. The van der Waals surface area contributed by atoms with E-state index in [0.29, 0.717) is 17.9 Å². The van der Waals surface area contributed by atoms with Crippen molar-refractivity contribution in [1.82, 2.24) is 9.55 Å². The summed E-state index contributed by atoms with van der Waals surface area (Å²) in [5.41, 5.74) is 2.63. The van der Waals surface area contributed by atoms with Crippen LogP contribution in [0.15, 0.2) is 30.7 Å². The number of carbonyl (C=O) groups is 1. The van der Waals surface area contributed by atoms with Gasteiger partial charge in [-0.2, -0.15) is 0 Å². The standard InChI is InChI=1S/C14H16N2O2/c1-10-4-5-14(13(6-10)11(2)17)18-8-12-7-15-9-16(12)3/h4-7,9H,8H2,1-3H3. The summed E-state index contributed by atoms with van der Waals surface area (Å²) in [5.74, 6) is 0.632. The molecule has 0 atom stereocenters. The van der Waals surface area contributed by atoms with E-state index in [-0.39, 0.29) is 5.78 Å². The summed E-state index contributed by atoms with van der Waals surface area (Å²) in [4.78, 5) is 15.6. The highest BCUT2D eigenvalue weighted by molar-refractivity contribution is 5.97. The third-order valence-electron chi connectivity index (χ3n) is 2.81. The van der Waals surface area contributed by atoms with Crippen molar-refractivity contribution in [2.45, 2.75) is 20.5 Å². The maximum Gasteiger partial charge on any atom is 0.163 e. The molecule has 18 heavy (non-hydrogen) atoms. The Balaban J connectivity index is 2.19. The zero-order valence-electron chi connectivity index (χ0n) is 10.8. The van der Waals surface area contributed by atoms with Crippen molar-refractivity contribution in [2.24, 2.45) is 7.05 Å². The van der Waals surface area contributed by atoms with Crippen molar-refractivity contribution in [2.75, 3.05) is 0 Å². The highest BCUT2D eigenvalue weighted by Gasteiger charge is 2.09. The lowest BCUT2D eigenvalue weighted by Crippen LogP contribution is -2.04. The van der Waals surface area contributed by atoms with Gasteiger partial charge in [0.15, 0.2) is 5.78 Å². The maximum atomic E-state index is 11.5. The van der Waals surface area contributed by atoms with Gasteiger partial charge >= 0.3 is 0 Å². The third-order valence-corrected chi connectivity index (χ3v) is 2.81. The Labute approximate surface area is 106 Å². The zero-order valence-corrected chi connectivity index (χ0v) is 10.8. The van der Waals surface area contributed by atoms with Crippen LogP contribution in [0.2, 0.25) is 0 Å². The molecule has 0 fully saturated rings. The van der Waals surface area contributed by atoms with Crippen LogP contribution in [0.5, 0.6) is 5.75 Å². The fraction of sp³-hybridized carbons (Fsp3) is 0.286. The Bertz CT molecular complexity index is 573. The van der Waals surface area contributed by atoms with Gasteiger partial charge in [-0.05, 0) is 26.0 Å². The second-order valence-corrected chi connectivity index (χ2v) is 4.34. The molecular formula is C14H16N2O2. The van der Waals surface area contributed by atoms with E-state index in [1.54, 1.807) is 19.4 Å². The second-order valence-electron chi connectivity index (χ2n) is 4.34. The minimum Gasteiger partial charge on any atom is -0.487 e. The van der Waals surface area contributed by atoms with Gasteiger partial charge in [0.05, 0.1) is 23.8 Å². The summed E-state index contributed by atoms with van der Waals surface area (Å²) < 4.78 is 7.59. The average Bonchev–Trinajstić information content (AvgIpc) is 2.73. The lowest BCUT2D eigenvalue weighted by molar-refractivity contribution is 0.101. The summed E-state index contributed by atoms with van der Waals surface area (Å²) in [5, 5.41) is 0. The number of hydrogen-bond acceptors (Lipinski definition) is 3. The van der Waals surface area contributed by atoms with E-state index in [2.05, 4.69) is 4.98 Å². The number of hydrogen-bond donors (Lipinski definition) is 0. The third kappa shape index (κ3) is 2.59. The highest BCUT2D eigenvalue weighted by Crippen LogP contribution is 2.21. The molecule has 2 rings (SSSR count). The predicted molar refractivity (Wildman–Crippen MR) is 68.7 cm³/mol. The van der Waals surface area contributed by atoms with Gasteiger partial charge < -0.3 is 9.30 Å². The Morgan fingerprint density at radius 2 is 2.22 bits per heavy atom. The summed E-state index contributed by atoms with van der Waals surface area (Å²) in [6.45, 7) is 3.91. The number of aryl methyl sites for hydroxylation is 2. The van der Waals surface area contributed by atoms with Crippen molar-refractivity contribution < 1.29 is 9.53 Å². The molecule has 0 saturated carbocycles. The molecule has 0 amide bonds.